The molecule has 0 radical (unpaired) electrons. The third kappa shape index (κ3) is 2.25. The first kappa shape index (κ1) is 11.9. The Morgan fingerprint density at radius 1 is 1.41 bits per heavy atom. The molecule has 1 unspecified atom stereocenters. The van der Waals surface area contributed by atoms with Crippen LogP contribution in [0.2, 0.25) is 0 Å². The Labute approximate surface area is 100 Å². The van der Waals surface area contributed by atoms with Gasteiger partial charge in [-0.1, -0.05) is 12.1 Å². The van der Waals surface area contributed by atoms with Crippen LogP contribution in [0.5, 0.6) is 0 Å². The standard InChI is InChI=1S/C12H17N3O2/c1-14-12(17)6-7-15(14)10-4-2-9(3-5-10)11(13)8-16/h2-5,11,16H,6-8,13H2,1H3. The highest BCUT2D eigenvalue weighted by Crippen LogP contribution is 2.22. The highest BCUT2D eigenvalue weighted by molar-refractivity contribution is 5.81. The number of anilines is 1. The van der Waals surface area contributed by atoms with Crippen LogP contribution in [0.25, 0.3) is 0 Å². The van der Waals surface area contributed by atoms with E-state index in [4.69, 9.17) is 10.8 Å². The van der Waals surface area contributed by atoms with Crippen molar-refractivity contribution in [2.45, 2.75) is 12.5 Å². The topological polar surface area (TPSA) is 69.8 Å². The monoisotopic (exact) mass is 235 g/mol. The second kappa shape index (κ2) is 4.73. The first-order chi connectivity index (χ1) is 8.13. The van der Waals surface area contributed by atoms with Gasteiger partial charge in [0.05, 0.1) is 18.3 Å². The van der Waals surface area contributed by atoms with E-state index in [2.05, 4.69) is 0 Å². The number of carbonyl (C=O) groups excluding carboxylic acids is 1. The number of hydrogen-bond acceptors (Lipinski definition) is 4. The van der Waals surface area contributed by atoms with Gasteiger partial charge in [0.25, 0.3) is 0 Å². The summed E-state index contributed by atoms with van der Waals surface area (Å²) in [5.74, 6) is 0.126. The van der Waals surface area contributed by atoms with E-state index in [0.717, 1.165) is 11.3 Å². The number of benzene rings is 1. The molecule has 92 valence electrons. The van der Waals surface area contributed by atoms with Crippen molar-refractivity contribution in [1.29, 1.82) is 0 Å². The lowest BCUT2D eigenvalue weighted by molar-refractivity contribution is -0.126. The lowest BCUT2D eigenvalue weighted by Gasteiger charge is -2.26. The maximum atomic E-state index is 11.4. The van der Waals surface area contributed by atoms with Gasteiger partial charge in [-0.05, 0) is 17.7 Å². The first-order valence-corrected chi connectivity index (χ1v) is 5.64. The van der Waals surface area contributed by atoms with Gasteiger partial charge in [-0.3, -0.25) is 14.8 Å². The van der Waals surface area contributed by atoms with Gasteiger partial charge in [0.2, 0.25) is 5.91 Å². The molecule has 1 aliphatic rings. The SMILES string of the molecule is CN1C(=O)CCN1c1ccc(C(N)CO)cc1. The zero-order chi connectivity index (χ0) is 12.4. The Bertz CT molecular complexity index is 405. The van der Waals surface area contributed by atoms with Crippen LogP contribution in [0.15, 0.2) is 24.3 Å². The Morgan fingerprint density at radius 2 is 2.06 bits per heavy atom. The van der Waals surface area contributed by atoms with Crippen molar-refractivity contribution in [3.63, 3.8) is 0 Å². The molecule has 3 N–H and O–H groups in total. The number of nitrogens with two attached hydrogens (primary N) is 1. The van der Waals surface area contributed by atoms with Crippen LogP contribution < -0.4 is 10.7 Å². The first-order valence-electron chi connectivity index (χ1n) is 5.64. The summed E-state index contributed by atoms with van der Waals surface area (Å²) in [5.41, 5.74) is 7.58. The number of aliphatic hydroxyl groups excluding tert-OH is 1. The van der Waals surface area contributed by atoms with E-state index in [0.29, 0.717) is 13.0 Å². The molecule has 17 heavy (non-hydrogen) atoms. The minimum Gasteiger partial charge on any atom is -0.394 e. The molecule has 5 heteroatoms. The van der Waals surface area contributed by atoms with E-state index in [1.807, 2.05) is 29.3 Å². The van der Waals surface area contributed by atoms with Gasteiger partial charge in [-0.15, -0.1) is 0 Å². The molecule has 1 saturated heterocycles. The van der Waals surface area contributed by atoms with Gasteiger partial charge in [-0.25, -0.2) is 0 Å². The molecule has 1 aromatic carbocycles. The number of hydrogen-bond donors (Lipinski definition) is 2. The fourth-order valence-electron chi connectivity index (χ4n) is 1.95. The van der Waals surface area contributed by atoms with Crippen molar-refractivity contribution in [1.82, 2.24) is 5.01 Å². The maximum Gasteiger partial charge on any atom is 0.242 e. The summed E-state index contributed by atoms with van der Waals surface area (Å²) in [6, 6.07) is 7.25. The summed E-state index contributed by atoms with van der Waals surface area (Å²) in [7, 11) is 1.77. The number of nitrogens with zero attached hydrogens (tertiary/aromatic N) is 2. The molecule has 1 atom stereocenters. The molecule has 0 aliphatic carbocycles. The summed E-state index contributed by atoms with van der Waals surface area (Å²) in [6.07, 6.45) is 0.550. The van der Waals surface area contributed by atoms with Crippen LogP contribution >= 0.6 is 0 Å². The number of carbonyl (C=O) groups is 1. The second-order valence-corrected chi connectivity index (χ2v) is 4.17. The minimum absolute atomic E-state index is 0.0680. The predicted molar refractivity (Wildman–Crippen MR) is 65.2 cm³/mol. The molecule has 0 aromatic heterocycles. The Kier molecular flexibility index (Phi) is 3.31. The summed E-state index contributed by atoms with van der Waals surface area (Å²) in [5, 5.41) is 12.5. The number of rotatable bonds is 3. The zero-order valence-corrected chi connectivity index (χ0v) is 9.84. The number of amides is 1. The van der Waals surface area contributed by atoms with E-state index in [1.165, 1.54) is 0 Å². The van der Waals surface area contributed by atoms with Crippen molar-refractivity contribution in [3.05, 3.63) is 29.8 Å². The molecule has 5 nitrogen and oxygen atoms in total. The van der Waals surface area contributed by atoms with Crippen molar-refractivity contribution in [2.24, 2.45) is 5.73 Å². The molecule has 0 bridgehead atoms. The Balaban J connectivity index is 2.16. The van der Waals surface area contributed by atoms with E-state index in [1.54, 1.807) is 12.1 Å². The van der Waals surface area contributed by atoms with Crippen molar-refractivity contribution >= 4 is 11.6 Å². The zero-order valence-electron chi connectivity index (χ0n) is 9.84. The van der Waals surface area contributed by atoms with E-state index < -0.39 is 0 Å². The van der Waals surface area contributed by atoms with Gasteiger partial charge in [0, 0.05) is 20.0 Å². The molecule has 1 aromatic rings. The van der Waals surface area contributed by atoms with Gasteiger partial charge in [0.1, 0.15) is 0 Å². The Morgan fingerprint density at radius 3 is 2.53 bits per heavy atom. The third-order valence-electron chi connectivity index (χ3n) is 3.08. The maximum absolute atomic E-state index is 11.4. The van der Waals surface area contributed by atoms with E-state index >= 15 is 0 Å². The summed E-state index contributed by atoms with van der Waals surface area (Å²) in [4.78, 5) is 11.4. The highest BCUT2D eigenvalue weighted by atomic mass is 16.3. The molecular weight excluding hydrogens is 218 g/mol. The van der Waals surface area contributed by atoms with Gasteiger partial charge in [0.15, 0.2) is 0 Å². The van der Waals surface area contributed by atoms with Crippen LogP contribution in [0.4, 0.5) is 5.69 Å². The van der Waals surface area contributed by atoms with Crippen molar-refractivity contribution in [2.75, 3.05) is 25.2 Å². The molecular formula is C12H17N3O2. The fourth-order valence-corrected chi connectivity index (χ4v) is 1.95. The fraction of sp³-hybridized carbons (Fsp3) is 0.417. The molecule has 2 rings (SSSR count). The van der Waals surface area contributed by atoms with Crippen LogP contribution in [0, 0.1) is 0 Å². The molecule has 1 heterocycles. The summed E-state index contributed by atoms with van der Waals surface area (Å²) >= 11 is 0. The lowest BCUT2D eigenvalue weighted by Crippen LogP contribution is -2.35. The van der Waals surface area contributed by atoms with Crippen LogP contribution in [0.3, 0.4) is 0 Å². The van der Waals surface area contributed by atoms with Crippen LogP contribution in [-0.2, 0) is 4.79 Å². The van der Waals surface area contributed by atoms with Crippen LogP contribution in [0.1, 0.15) is 18.0 Å². The van der Waals surface area contributed by atoms with E-state index in [-0.39, 0.29) is 18.6 Å². The molecule has 1 aliphatic heterocycles. The van der Waals surface area contributed by atoms with E-state index in [9.17, 15) is 4.79 Å². The summed E-state index contributed by atoms with van der Waals surface area (Å²) < 4.78 is 0. The average Bonchev–Trinajstić information content (AvgIpc) is 2.69. The minimum atomic E-state index is -0.345. The highest BCUT2D eigenvalue weighted by Gasteiger charge is 2.25. The normalized spacial score (nSPS) is 17.7. The second-order valence-electron chi connectivity index (χ2n) is 4.17. The van der Waals surface area contributed by atoms with Crippen LogP contribution in [-0.4, -0.2) is 36.2 Å². The largest absolute Gasteiger partial charge is 0.394 e. The quantitative estimate of drug-likeness (QED) is 0.788. The van der Waals surface area contributed by atoms with Gasteiger partial charge in [-0.2, -0.15) is 0 Å². The van der Waals surface area contributed by atoms with Gasteiger partial charge >= 0.3 is 0 Å². The lowest BCUT2D eigenvalue weighted by atomic mass is 10.1. The molecule has 0 saturated carbocycles. The predicted octanol–water partition coefficient (Wildman–Crippen LogP) is 0.262. The average molecular weight is 235 g/mol. The number of hydrazine groups is 1. The van der Waals surface area contributed by atoms with Gasteiger partial charge < -0.3 is 10.8 Å². The molecule has 1 amide bonds. The number of aliphatic hydroxyl groups is 1. The van der Waals surface area contributed by atoms with Crippen molar-refractivity contribution < 1.29 is 9.90 Å². The summed E-state index contributed by atoms with van der Waals surface area (Å²) in [6.45, 7) is 0.641. The molecule has 1 fully saturated rings. The third-order valence-corrected chi connectivity index (χ3v) is 3.08. The molecule has 0 spiro atoms. The Hall–Kier alpha value is -1.59. The smallest absolute Gasteiger partial charge is 0.242 e. The van der Waals surface area contributed by atoms with Crippen molar-refractivity contribution in [3.8, 4) is 0 Å².